The minimum Gasteiger partial charge on any atom is -0.469 e. The van der Waals surface area contributed by atoms with Gasteiger partial charge in [0.15, 0.2) is 30.9 Å². The van der Waals surface area contributed by atoms with Crippen molar-refractivity contribution in [2.45, 2.75) is 158 Å². The van der Waals surface area contributed by atoms with Crippen LogP contribution in [0, 0.1) is 35.5 Å². The number of carbonyl (C=O) groups excluding carboxylic acids is 5. The van der Waals surface area contributed by atoms with E-state index >= 15 is 0 Å². The van der Waals surface area contributed by atoms with Crippen molar-refractivity contribution >= 4 is 29.8 Å². The fourth-order valence-electron chi connectivity index (χ4n) is 6.58. The van der Waals surface area contributed by atoms with Crippen LogP contribution in [0.5, 0.6) is 0 Å². The zero-order valence-corrected chi connectivity index (χ0v) is 38.2. The topological polar surface area (TPSA) is 178 Å². The molecule has 342 valence electrons. The lowest BCUT2D eigenvalue weighted by atomic mass is 9.88. The van der Waals surface area contributed by atoms with Gasteiger partial charge >= 0.3 is 29.8 Å². The van der Waals surface area contributed by atoms with Gasteiger partial charge in [-0.25, -0.2) is 0 Å². The van der Waals surface area contributed by atoms with Crippen molar-refractivity contribution in [3.63, 3.8) is 0 Å². The van der Waals surface area contributed by atoms with Gasteiger partial charge in [-0.15, -0.1) is 0 Å². The van der Waals surface area contributed by atoms with E-state index in [0.717, 1.165) is 0 Å². The first-order chi connectivity index (χ1) is 28.2. The summed E-state index contributed by atoms with van der Waals surface area (Å²) in [5.74, 6) is -2.51. The maximum absolute atomic E-state index is 12.5. The molecule has 0 N–H and O–H groups in total. The van der Waals surface area contributed by atoms with Crippen molar-refractivity contribution in [3.8, 4) is 0 Å². The molecule has 3 saturated heterocycles. The molecule has 15 nitrogen and oxygen atoms in total. The van der Waals surface area contributed by atoms with Gasteiger partial charge in [0, 0.05) is 38.5 Å². The Morgan fingerprint density at radius 1 is 0.600 bits per heavy atom. The predicted molar refractivity (Wildman–Crippen MR) is 220 cm³/mol. The molecule has 3 fully saturated rings. The Hall–Kier alpha value is -3.63. The summed E-state index contributed by atoms with van der Waals surface area (Å²) in [6.07, 6.45) is -4.77. The zero-order chi connectivity index (χ0) is 45.3. The summed E-state index contributed by atoms with van der Waals surface area (Å²) in [6, 6.07) is 10.6. The number of esters is 5. The van der Waals surface area contributed by atoms with Crippen LogP contribution in [0.4, 0.5) is 0 Å². The average molecular weight is 853 g/mol. The maximum Gasteiger partial charge on any atom is 0.311 e. The SMILES string of the molecule is CCC(C)C(=O)OC1OCC(OC2OCC(OC3OCC(C)C(C)C3OC(C)=O)C(C)C2OC(C)=O)C(C)C1OC(C)=O.CCC(C)c1ccccc1.COC(=O)C(C)C. The Morgan fingerprint density at radius 3 is 1.43 bits per heavy atom. The lowest BCUT2D eigenvalue weighted by Gasteiger charge is -2.46. The number of hydrogen-bond acceptors (Lipinski definition) is 15. The van der Waals surface area contributed by atoms with Crippen LogP contribution in [-0.2, 0) is 71.3 Å². The Balaban J connectivity index is 0.000000602. The first-order valence-electron chi connectivity index (χ1n) is 21.3. The van der Waals surface area contributed by atoms with Crippen LogP contribution < -0.4 is 0 Å². The Labute approximate surface area is 357 Å². The molecule has 3 aliphatic heterocycles. The van der Waals surface area contributed by atoms with Gasteiger partial charge < -0.3 is 47.4 Å². The Kier molecular flexibility index (Phi) is 22.7. The van der Waals surface area contributed by atoms with Gasteiger partial charge in [-0.05, 0) is 30.2 Å². The van der Waals surface area contributed by atoms with Crippen LogP contribution in [0.3, 0.4) is 0 Å². The van der Waals surface area contributed by atoms with E-state index in [1.807, 2.05) is 27.7 Å². The van der Waals surface area contributed by atoms with Crippen molar-refractivity contribution in [1.82, 2.24) is 0 Å². The van der Waals surface area contributed by atoms with E-state index in [1.165, 1.54) is 39.9 Å². The summed E-state index contributed by atoms with van der Waals surface area (Å²) >= 11 is 0. The lowest BCUT2D eigenvalue weighted by molar-refractivity contribution is -0.333. The van der Waals surface area contributed by atoms with Crippen LogP contribution in [0.2, 0.25) is 0 Å². The van der Waals surface area contributed by atoms with E-state index < -0.39 is 85.1 Å². The zero-order valence-electron chi connectivity index (χ0n) is 38.2. The molecular weight excluding hydrogens is 780 g/mol. The second-order valence-electron chi connectivity index (χ2n) is 16.4. The highest BCUT2D eigenvalue weighted by Gasteiger charge is 2.49. The van der Waals surface area contributed by atoms with Crippen LogP contribution >= 0.6 is 0 Å². The first-order valence-corrected chi connectivity index (χ1v) is 21.3. The van der Waals surface area contributed by atoms with E-state index in [2.05, 4.69) is 48.9 Å². The molecule has 0 radical (unpaired) electrons. The van der Waals surface area contributed by atoms with Crippen LogP contribution in [0.15, 0.2) is 30.3 Å². The Morgan fingerprint density at radius 2 is 1.03 bits per heavy atom. The number of rotatable bonds is 13. The molecule has 0 bridgehead atoms. The van der Waals surface area contributed by atoms with Gasteiger partial charge in [0.2, 0.25) is 6.29 Å². The third kappa shape index (κ3) is 16.3. The molecule has 14 unspecified atom stereocenters. The third-order valence-electron chi connectivity index (χ3n) is 11.2. The summed E-state index contributed by atoms with van der Waals surface area (Å²) in [5.41, 5.74) is 1.45. The standard InChI is InChI=1S/C30H48O13.C10H14.C5H10O2/c1-10-14(2)27(34)43-30-26(40-21(9)33)18(6)23(13-37-30)42-29-25(39-20(8)32)17(5)22(12-36-29)41-28-24(38-19(7)31)16(4)15(3)11-35-28;1-3-9(2)10-7-5-4-6-8-10;1-4(2)5(6)7-3/h14-18,22-26,28-30H,10-13H2,1-9H3;4-9H,3H2,1-2H3;4H,1-3H3. The minimum absolute atomic E-state index is 0.00463. The largest absolute Gasteiger partial charge is 0.469 e. The predicted octanol–water partition coefficient (Wildman–Crippen LogP) is 6.77. The molecular formula is C45H72O15. The van der Waals surface area contributed by atoms with Crippen molar-refractivity contribution in [2.75, 3.05) is 26.9 Å². The fourth-order valence-corrected chi connectivity index (χ4v) is 6.58. The molecule has 0 spiro atoms. The van der Waals surface area contributed by atoms with E-state index in [0.29, 0.717) is 18.9 Å². The van der Waals surface area contributed by atoms with E-state index in [9.17, 15) is 24.0 Å². The van der Waals surface area contributed by atoms with Crippen molar-refractivity contribution < 1.29 is 71.3 Å². The van der Waals surface area contributed by atoms with Gasteiger partial charge in [0.1, 0.15) is 0 Å². The van der Waals surface area contributed by atoms with Gasteiger partial charge in [0.25, 0.3) is 0 Å². The second-order valence-corrected chi connectivity index (χ2v) is 16.4. The molecule has 0 amide bonds. The third-order valence-corrected chi connectivity index (χ3v) is 11.2. The van der Waals surface area contributed by atoms with Crippen molar-refractivity contribution in [3.05, 3.63) is 35.9 Å². The van der Waals surface area contributed by atoms with Gasteiger partial charge in [0.05, 0.1) is 51.0 Å². The summed E-state index contributed by atoms with van der Waals surface area (Å²) in [4.78, 5) is 58.6. The van der Waals surface area contributed by atoms with Gasteiger partial charge in [-0.2, -0.15) is 0 Å². The molecule has 4 rings (SSSR count). The quantitative estimate of drug-likeness (QED) is 0.150. The highest BCUT2D eigenvalue weighted by atomic mass is 16.8. The summed E-state index contributed by atoms with van der Waals surface area (Å²) < 4.78 is 57.0. The molecule has 1 aromatic rings. The van der Waals surface area contributed by atoms with Crippen LogP contribution in [0.1, 0.15) is 114 Å². The second kappa shape index (κ2) is 26.0. The number of ether oxygens (including phenoxy) is 10. The highest BCUT2D eigenvalue weighted by Crippen LogP contribution is 2.36. The number of hydrogen-bond donors (Lipinski definition) is 0. The maximum atomic E-state index is 12.5. The number of methoxy groups -OCH3 is 1. The van der Waals surface area contributed by atoms with Crippen LogP contribution in [-0.4, -0.2) is 106 Å². The molecule has 0 saturated carbocycles. The normalized spacial score (nSPS) is 31.1. The smallest absolute Gasteiger partial charge is 0.311 e. The summed E-state index contributed by atoms with van der Waals surface area (Å²) in [7, 11) is 1.39. The Bertz CT molecular complexity index is 1470. The highest BCUT2D eigenvalue weighted by molar-refractivity contribution is 5.72. The van der Waals surface area contributed by atoms with Crippen molar-refractivity contribution in [2.24, 2.45) is 35.5 Å². The molecule has 15 heteroatoms. The fraction of sp³-hybridized carbons (Fsp3) is 0.756. The monoisotopic (exact) mass is 852 g/mol. The van der Waals surface area contributed by atoms with E-state index in [4.69, 9.17) is 42.6 Å². The number of benzene rings is 1. The summed E-state index contributed by atoms with van der Waals surface area (Å²) in [6.45, 7) is 23.7. The van der Waals surface area contributed by atoms with E-state index in [-0.39, 0.29) is 42.9 Å². The molecule has 3 heterocycles. The van der Waals surface area contributed by atoms with Gasteiger partial charge in [-0.3, -0.25) is 24.0 Å². The summed E-state index contributed by atoms with van der Waals surface area (Å²) in [5, 5.41) is 0. The van der Waals surface area contributed by atoms with Crippen LogP contribution in [0.25, 0.3) is 0 Å². The molecule has 0 aliphatic carbocycles. The van der Waals surface area contributed by atoms with Crippen molar-refractivity contribution in [1.29, 1.82) is 0 Å². The van der Waals surface area contributed by atoms with Gasteiger partial charge in [-0.1, -0.05) is 99.6 Å². The molecule has 1 aromatic carbocycles. The molecule has 0 aromatic heterocycles. The first kappa shape index (κ1) is 52.5. The minimum atomic E-state index is -1.10. The van der Waals surface area contributed by atoms with E-state index in [1.54, 1.807) is 27.7 Å². The number of carbonyl (C=O) groups is 5. The molecule has 14 atom stereocenters. The average Bonchev–Trinajstić information content (AvgIpc) is 3.21. The molecule has 60 heavy (non-hydrogen) atoms. The lowest BCUT2D eigenvalue weighted by Crippen LogP contribution is -2.58. The molecule has 3 aliphatic rings.